The molecule has 0 bridgehead atoms. The zero-order valence-electron chi connectivity index (χ0n) is 11.5. The lowest BCUT2D eigenvalue weighted by molar-refractivity contribution is 0.0916. The lowest BCUT2D eigenvalue weighted by atomic mass is 10.1. The van der Waals surface area contributed by atoms with E-state index in [-0.39, 0.29) is 5.56 Å². The van der Waals surface area contributed by atoms with Crippen LogP contribution in [-0.2, 0) is 0 Å². The van der Waals surface area contributed by atoms with E-state index in [9.17, 15) is 9.59 Å². The van der Waals surface area contributed by atoms with Gasteiger partial charge in [-0.05, 0) is 39.3 Å². The molecule has 0 saturated carbocycles. The van der Waals surface area contributed by atoms with Gasteiger partial charge in [-0.2, -0.15) is 0 Å². The Morgan fingerprint density at radius 3 is 2.58 bits per heavy atom. The van der Waals surface area contributed by atoms with E-state index in [1.54, 1.807) is 6.07 Å². The first-order valence-corrected chi connectivity index (χ1v) is 6.14. The number of fused-ring (bicyclic) bond motifs is 1. The molecule has 1 aromatic heterocycles. The molecule has 0 aliphatic rings. The number of rotatable bonds is 1. The van der Waals surface area contributed by atoms with Gasteiger partial charge in [-0.25, -0.2) is 4.79 Å². The summed E-state index contributed by atoms with van der Waals surface area (Å²) < 4.78 is 5.24. The largest absolute Gasteiger partial charge is 0.422 e. The molecule has 4 heteroatoms. The number of hydrogen-bond acceptors (Lipinski definition) is 3. The molecule has 0 aliphatic heterocycles. The molecule has 2 rings (SSSR count). The second-order valence-corrected chi connectivity index (χ2v) is 5.64. The van der Waals surface area contributed by atoms with Crippen molar-refractivity contribution < 1.29 is 9.21 Å². The SMILES string of the molecule is Cc1cccc2cc(C(=O)NC(C)(C)C)c(=O)oc12. The van der Waals surface area contributed by atoms with E-state index >= 15 is 0 Å². The monoisotopic (exact) mass is 259 g/mol. The number of benzene rings is 1. The van der Waals surface area contributed by atoms with Crippen molar-refractivity contribution >= 4 is 16.9 Å². The Morgan fingerprint density at radius 2 is 1.95 bits per heavy atom. The minimum absolute atomic E-state index is 0.0352. The highest BCUT2D eigenvalue weighted by Gasteiger charge is 2.19. The molecule has 0 saturated heterocycles. The van der Waals surface area contributed by atoms with Crippen molar-refractivity contribution in [2.45, 2.75) is 33.2 Å². The molecule has 4 nitrogen and oxygen atoms in total. The van der Waals surface area contributed by atoms with E-state index in [2.05, 4.69) is 5.32 Å². The van der Waals surface area contributed by atoms with E-state index in [1.807, 2.05) is 45.9 Å². The Morgan fingerprint density at radius 1 is 1.26 bits per heavy atom. The van der Waals surface area contributed by atoms with E-state index in [0.29, 0.717) is 5.58 Å². The van der Waals surface area contributed by atoms with Crippen LogP contribution in [0.25, 0.3) is 11.0 Å². The minimum atomic E-state index is -0.608. The summed E-state index contributed by atoms with van der Waals surface area (Å²) in [5, 5.41) is 3.51. The van der Waals surface area contributed by atoms with E-state index in [4.69, 9.17) is 4.42 Å². The van der Waals surface area contributed by atoms with Gasteiger partial charge in [0.1, 0.15) is 11.1 Å². The highest BCUT2D eigenvalue weighted by Crippen LogP contribution is 2.17. The minimum Gasteiger partial charge on any atom is -0.422 e. The topological polar surface area (TPSA) is 59.3 Å². The van der Waals surface area contributed by atoms with Gasteiger partial charge in [0.15, 0.2) is 0 Å². The number of para-hydroxylation sites is 1. The Kier molecular flexibility index (Phi) is 3.18. The zero-order chi connectivity index (χ0) is 14.2. The van der Waals surface area contributed by atoms with Gasteiger partial charge in [0.05, 0.1) is 0 Å². The van der Waals surface area contributed by atoms with Crippen molar-refractivity contribution in [3.63, 3.8) is 0 Å². The normalized spacial score (nSPS) is 11.6. The maximum atomic E-state index is 12.0. The Labute approximate surface area is 111 Å². The lowest BCUT2D eigenvalue weighted by Gasteiger charge is -2.20. The molecule has 0 radical (unpaired) electrons. The third kappa shape index (κ3) is 2.84. The van der Waals surface area contributed by atoms with E-state index in [1.165, 1.54) is 0 Å². The zero-order valence-corrected chi connectivity index (χ0v) is 11.5. The van der Waals surface area contributed by atoms with Gasteiger partial charge in [0.25, 0.3) is 5.91 Å². The summed E-state index contributed by atoms with van der Waals surface area (Å²) in [7, 11) is 0. The summed E-state index contributed by atoms with van der Waals surface area (Å²) in [6.45, 7) is 7.44. The standard InChI is InChI=1S/C15H17NO3/c1-9-6-5-7-10-8-11(14(18)19-12(9)10)13(17)16-15(2,3)4/h5-8H,1-4H3,(H,16,17). The molecule has 0 unspecified atom stereocenters. The molecular formula is C15H17NO3. The molecule has 100 valence electrons. The first-order valence-electron chi connectivity index (χ1n) is 6.14. The van der Waals surface area contributed by atoms with Crippen LogP contribution in [0.1, 0.15) is 36.7 Å². The predicted octanol–water partition coefficient (Wildman–Crippen LogP) is 2.63. The van der Waals surface area contributed by atoms with Crippen molar-refractivity contribution in [2.75, 3.05) is 0 Å². The first kappa shape index (κ1) is 13.3. The quantitative estimate of drug-likeness (QED) is 0.801. The Balaban J connectivity index is 2.54. The summed E-state index contributed by atoms with van der Waals surface area (Å²) >= 11 is 0. The van der Waals surface area contributed by atoms with Crippen LogP contribution in [0.4, 0.5) is 0 Å². The van der Waals surface area contributed by atoms with Crippen LogP contribution in [0, 0.1) is 6.92 Å². The third-order valence-electron chi connectivity index (χ3n) is 2.69. The summed E-state index contributed by atoms with van der Waals surface area (Å²) in [4.78, 5) is 23.9. The average Bonchev–Trinajstić information content (AvgIpc) is 2.27. The van der Waals surface area contributed by atoms with Gasteiger partial charge in [-0.3, -0.25) is 4.79 Å². The average molecular weight is 259 g/mol. The van der Waals surface area contributed by atoms with Crippen LogP contribution in [0.2, 0.25) is 0 Å². The smallest absolute Gasteiger partial charge is 0.349 e. The van der Waals surface area contributed by atoms with E-state index in [0.717, 1.165) is 10.9 Å². The van der Waals surface area contributed by atoms with E-state index < -0.39 is 17.1 Å². The van der Waals surface area contributed by atoms with Crippen molar-refractivity contribution in [3.05, 3.63) is 45.8 Å². The maximum absolute atomic E-state index is 12.0. The second-order valence-electron chi connectivity index (χ2n) is 5.64. The molecule has 0 aliphatic carbocycles. The Hall–Kier alpha value is -2.10. The molecule has 0 fully saturated rings. The number of aryl methyl sites for hydroxylation is 1. The molecule has 0 atom stereocenters. The van der Waals surface area contributed by atoms with Crippen molar-refractivity contribution in [1.82, 2.24) is 5.32 Å². The number of nitrogens with one attached hydrogen (secondary N) is 1. The molecule has 1 N–H and O–H groups in total. The maximum Gasteiger partial charge on any atom is 0.349 e. The molecule has 1 aromatic carbocycles. The number of carbonyl (C=O) groups excluding carboxylic acids is 1. The van der Waals surface area contributed by atoms with Crippen LogP contribution in [0.15, 0.2) is 33.5 Å². The molecule has 2 aromatic rings. The van der Waals surface area contributed by atoms with Crippen molar-refractivity contribution in [2.24, 2.45) is 0 Å². The fraction of sp³-hybridized carbons (Fsp3) is 0.333. The molecule has 1 heterocycles. The van der Waals surface area contributed by atoms with Gasteiger partial charge in [0.2, 0.25) is 0 Å². The first-order chi connectivity index (χ1) is 8.78. The summed E-state index contributed by atoms with van der Waals surface area (Å²) in [5.74, 6) is -0.412. The van der Waals surface area contributed by atoms with Crippen molar-refractivity contribution in [3.8, 4) is 0 Å². The predicted molar refractivity (Wildman–Crippen MR) is 74.4 cm³/mol. The number of carbonyl (C=O) groups is 1. The van der Waals surface area contributed by atoms with Crippen LogP contribution in [0.3, 0.4) is 0 Å². The Bertz CT molecular complexity index is 693. The van der Waals surface area contributed by atoms with Crippen LogP contribution in [-0.4, -0.2) is 11.4 Å². The summed E-state index contributed by atoms with van der Waals surface area (Å²) in [5.41, 5.74) is 0.430. The summed E-state index contributed by atoms with van der Waals surface area (Å²) in [6, 6.07) is 7.12. The van der Waals surface area contributed by atoms with Gasteiger partial charge >= 0.3 is 5.63 Å². The molecular weight excluding hydrogens is 242 g/mol. The number of hydrogen-bond donors (Lipinski definition) is 1. The van der Waals surface area contributed by atoms with Crippen LogP contribution < -0.4 is 10.9 Å². The lowest BCUT2D eigenvalue weighted by Crippen LogP contribution is -2.42. The number of amides is 1. The van der Waals surface area contributed by atoms with Gasteiger partial charge in [-0.15, -0.1) is 0 Å². The summed E-state index contributed by atoms with van der Waals surface area (Å²) in [6.07, 6.45) is 0. The van der Waals surface area contributed by atoms with Gasteiger partial charge in [0, 0.05) is 10.9 Å². The fourth-order valence-corrected chi connectivity index (χ4v) is 1.86. The van der Waals surface area contributed by atoms with Gasteiger partial charge in [-0.1, -0.05) is 18.2 Å². The second kappa shape index (κ2) is 4.53. The van der Waals surface area contributed by atoms with Gasteiger partial charge < -0.3 is 9.73 Å². The van der Waals surface area contributed by atoms with Crippen molar-refractivity contribution in [1.29, 1.82) is 0 Å². The molecule has 0 spiro atoms. The highest BCUT2D eigenvalue weighted by molar-refractivity contribution is 5.97. The molecule has 19 heavy (non-hydrogen) atoms. The third-order valence-corrected chi connectivity index (χ3v) is 2.69. The van der Waals surface area contributed by atoms with Crippen LogP contribution in [0.5, 0.6) is 0 Å². The highest BCUT2D eigenvalue weighted by atomic mass is 16.4. The van der Waals surface area contributed by atoms with Crippen LogP contribution >= 0.6 is 0 Å². The fourth-order valence-electron chi connectivity index (χ4n) is 1.86. The molecule has 1 amide bonds.